The molecule has 2 aromatic rings. The molecule has 1 heterocycles. The number of nitrogens with zero attached hydrogens (tertiary/aromatic N) is 3. The molecule has 1 unspecified atom stereocenters. The highest BCUT2D eigenvalue weighted by molar-refractivity contribution is 5.30. The van der Waals surface area contributed by atoms with E-state index in [1.54, 1.807) is 13.3 Å². The predicted molar refractivity (Wildman–Crippen MR) is 84.5 cm³/mol. The predicted octanol–water partition coefficient (Wildman–Crippen LogP) is 1.78. The van der Waals surface area contributed by atoms with Crippen LogP contribution in [-0.4, -0.2) is 49.0 Å². The van der Waals surface area contributed by atoms with Crippen LogP contribution in [0, 0.1) is 0 Å². The first-order valence-corrected chi connectivity index (χ1v) is 7.19. The quantitative estimate of drug-likeness (QED) is 0.752. The van der Waals surface area contributed by atoms with E-state index in [-0.39, 0.29) is 0 Å². The molecule has 2 rings (SSSR count). The Morgan fingerprint density at radius 3 is 2.86 bits per heavy atom. The molecule has 0 amide bonds. The van der Waals surface area contributed by atoms with E-state index in [4.69, 9.17) is 4.74 Å². The molecule has 0 radical (unpaired) electrons. The second kappa shape index (κ2) is 7.81. The Morgan fingerprint density at radius 1 is 1.33 bits per heavy atom. The average molecular weight is 288 g/mol. The van der Waals surface area contributed by atoms with Crippen molar-refractivity contribution in [3.8, 4) is 5.75 Å². The summed E-state index contributed by atoms with van der Waals surface area (Å²) in [7, 11) is 5.89. The van der Waals surface area contributed by atoms with Crippen molar-refractivity contribution < 1.29 is 4.74 Å². The molecule has 0 aliphatic rings. The van der Waals surface area contributed by atoms with Crippen LogP contribution in [0.5, 0.6) is 5.75 Å². The third kappa shape index (κ3) is 4.58. The van der Waals surface area contributed by atoms with Crippen molar-refractivity contribution in [2.45, 2.75) is 12.6 Å². The summed E-state index contributed by atoms with van der Waals surface area (Å²) < 4.78 is 7.24. The summed E-state index contributed by atoms with van der Waals surface area (Å²) in [6.07, 6.45) is 3.78. The highest BCUT2D eigenvalue weighted by atomic mass is 16.5. The monoisotopic (exact) mass is 288 g/mol. The first kappa shape index (κ1) is 15.5. The molecule has 114 valence electrons. The molecule has 21 heavy (non-hydrogen) atoms. The van der Waals surface area contributed by atoms with Gasteiger partial charge in [-0.3, -0.25) is 4.68 Å². The van der Waals surface area contributed by atoms with Gasteiger partial charge in [0.05, 0.1) is 13.7 Å². The Labute approximate surface area is 126 Å². The second-order valence-corrected chi connectivity index (χ2v) is 5.23. The highest BCUT2D eigenvalue weighted by Gasteiger charge is 2.14. The van der Waals surface area contributed by atoms with Gasteiger partial charge in [-0.05, 0) is 37.9 Å². The molecule has 0 spiro atoms. The minimum atomic E-state index is 0.317. The lowest BCUT2D eigenvalue weighted by molar-refractivity contribution is 0.286. The maximum Gasteiger partial charge on any atom is 0.119 e. The number of aromatic nitrogens is 2. The van der Waals surface area contributed by atoms with Crippen molar-refractivity contribution in [1.29, 1.82) is 0 Å². The Morgan fingerprint density at radius 2 is 2.19 bits per heavy atom. The van der Waals surface area contributed by atoms with Gasteiger partial charge in [-0.1, -0.05) is 12.1 Å². The zero-order valence-electron chi connectivity index (χ0n) is 13.0. The van der Waals surface area contributed by atoms with E-state index in [2.05, 4.69) is 41.5 Å². The van der Waals surface area contributed by atoms with Gasteiger partial charge in [-0.25, -0.2) is 0 Å². The van der Waals surface area contributed by atoms with E-state index in [0.717, 1.165) is 25.4 Å². The van der Waals surface area contributed by atoms with E-state index >= 15 is 0 Å². The van der Waals surface area contributed by atoms with E-state index in [1.807, 2.05) is 29.1 Å². The fraction of sp³-hybridized carbons (Fsp3) is 0.438. The summed E-state index contributed by atoms with van der Waals surface area (Å²) in [4.78, 5) is 2.22. The topological polar surface area (TPSA) is 42.3 Å². The zero-order valence-corrected chi connectivity index (χ0v) is 13.0. The molecule has 0 aliphatic carbocycles. The van der Waals surface area contributed by atoms with Gasteiger partial charge in [-0.2, -0.15) is 5.10 Å². The molecule has 5 nitrogen and oxygen atoms in total. The summed E-state index contributed by atoms with van der Waals surface area (Å²) in [6.45, 7) is 2.67. The van der Waals surface area contributed by atoms with Gasteiger partial charge in [0.1, 0.15) is 5.75 Å². The number of methoxy groups -OCH3 is 1. The number of likely N-dealkylation sites (N-methyl/N-ethyl adjacent to an activating group) is 1. The van der Waals surface area contributed by atoms with Gasteiger partial charge in [0, 0.05) is 31.5 Å². The number of ether oxygens (including phenoxy) is 1. The zero-order chi connectivity index (χ0) is 15.1. The largest absolute Gasteiger partial charge is 0.497 e. The van der Waals surface area contributed by atoms with E-state index in [0.29, 0.717) is 6.04 Å². The molecule has 1 N–H and O–H groups in total. The summed E-state index contributed by atoms with van der Waals surface area (Å²) in [5.41, 5.74) is 1.26. The van der Waals surface area contributed by atoms with Crippen LogP contribution in [0.1, 0.15) is 11.6 Å². The van der Waals surface area contributed by atoms with Crippen LogP contribution in [0.25, 0.3) is 0 Å². The van der Waals surface area contributed by atoms with Crippen molar-refractivity contribution >= 4 is 0 Å². The lowest BCUT2D eigenvalue weighted by Gasteiger charge is -2.25. The Hall–Kier alpha value is -1.85. The van der Waals surface area contributed by atoms with Crippen LogP contribution in [0.15, 0.2) is 42.7 Å². The SMILES string of the molecule is COc1cccc(C(CNCCn2cccn2)N(C)C)c1. The lowest BCUT2D eigenvalue weighted by Crippen LogP contribution is -2.32. The minimum absolute atomic E-state index is 0.317. The standard InChI is InChI=1S/C16H24N4O/c1-19(2)16(14-6-4-7-15(12-14)21-3)13-17-9-11-20-10-5-8-18-20/h4-8,10,12,16-17H,9,11,13H2,1-3H3. The van der Waals surface area contributed by atoms with Gasteiger partial charge in [0.15, 0.2) is 0 Å². The summed E-state index contributed by atoms with van der Waals surface area (Å²) in [5.74, 6) is 0.899. The fourth-order valence-corrected chi connectivity index (χ4v) is 2.31. The molecule has 1 aromatic carbocycles. The smallest absolute Gasteiger partial charge is 0.119 e. The normalized spacial score (nSPS) is 12.6. The van der Waals surface area contributed by atoms with Gasteiger partial charge in [-0.15, -0.1) is 0 Å². The van der Waals surface area contributed by atoms with Crippen molar-refractivity contribution in [3.05, 3.63) is 48.3 Å². The van der Waals surface area contributed by atoms with Crippen molar-refractivity contribution in [3.63, 3.8) is 0 Å². The van der Waals surface area contributed by atoms with Gasteiger partial charge in [0.25, 0.3) is 0 Å². The molecular weight excluding hydrogens is 264 g/mol. The molecule has 1 atom stereocenters. The van der Waals surface area contributed by atoms with Crippen molar-refractivity contribution in [1.82, 2.24) is 20.0 Å². The molecular formula is C16H24N4O. The second-order valence-electron chi connectivity index (χ2n) is 5.23. The number of nitrogens with one attached hydrogen (secondary N) is 1. The van der Waals surface area contributed by atoms with Crippen LogP contribution in [0.2, 0.25) is 0 Å². The van der Waals surface area contributed by atoms with E-state index in [1.165, 1.54) is 5.56 Å². The number of hydrogen-bond acceptors (Lipinski definition) is 4. The number of hydrogen-bond donors (Lipinski definition) is 1. The molecule has 5 heteroatoms. The fourth-order valence-electron chi connectivity index (χ4n) is 2.31. The van der Waals surface area contributed by atoms with Crippen molar-refractivity contribution in [2.75, 3.05) is 34.3 Å². The molecule has 0 aliphatic heterocycles. The number of rotatable bonds is 8. The maximum absolute atomic E-state index is 5.31. The third-order valence-corrected chi connectivity index (χ3v) is 3.52. The first-order chi connectivity index (χ1) is 10.2. The van der Waals surface area contributed by atoms with Crippen LogP contribution >= 0.6 is 0 Å². The molecule has 0 saturated carbocycles. The minimum Gasteiger partial charge on any atom is -0.497 e. The van der Waals surface area contributed by atoms with Crippen molar-refractivity contribution in [2.24, 2.45) is 0 Å². The molecule has 0 fully saturated rings. The summed E-state index contributed by atoms with van der Waals surface area (Å²) >= 11 is 0. The van der Waals surface area contributed by atoms with E-state index < -0.39 is 0 Å². The van der Waals surface area contributed by atoms with Crippen LogP contribution in [0.4, 0.5) is 0 Å². The molecule has 0 saturated heterocycles. The first-order valence-electron chi connectivity index (χ1n) is 7.19. The Balaban J connectivity index is 1.89. The lowest BCUT2D eigenvalue weighted by atomic mass is 10.1. The highest BCUT2D eigenvalue weighted by Crippen LogP contribution is 2.21. The Bertz CT molecular complexity index is 525. The average Bonchev–Trinajstić information content (AvgIpc) is 3.00. The number of benzene rings is 1. The summed E-state index contributed by atoms with van der Waals surface area (Å²) in [6, 6.07) is 10.5. The van der Waals surface area contributed by atoms with E-state index in [9.17, 15) is 0 Å². The van der Waals surface area contributed by atoms with Gasteiger partial charge in [0.2, 0.25) is 0 Å². The molecule has 0 bridgehead atoms. The Kier molecular flexibility index (Phi) is 5.78. The third-order valence-electron chi connectivity index (χ3n) is 3.52. The van der Waals surface area contributed by atoms with Crippen LogP contribution < -0.4 is 10.1 Å². The van der Waals surface area contributed by atoms with Gasteiger partial charge < -0.3 is 15.0 Å². The van der Waals surface area contributed by atoms with Crippen LogP contribution in [0.3, 0.4) is 0 Å². The molecule has 1 aromatic heterocycles. The maximum atomic E-state index is 5.31. The van der Waals surface area contributed by atoms with Crippen LogP contribution in [-0.2, 0) is 6.54 Å². The van der Waals surface area contributed by atoms with Gasteiger partial charge >= 0.3 is 0 Å². The summed E-state index contributed by atoms with van der Waals surface area (Å²) in [5, 5.41) is 7.70.